The molecule has 0 amide bonds. The van der Waals surface area contributed by atoms with Crippen molar-refractivity contribution in [3.05, 3.63) is 41.7 Å². The molecule has 3 nitrogen and oxygen atoms in total. The fraction of sp³-hybridized carbons (Fsp3) is 0.357. The van der Waals surface area contributed by atoms with E-state index < -0.39 is 0 Å². The van der Waals surface area contributed by atoms with Gasteiger partial charge in [-0.1, -0.05) is 24.3 Å². The third-order valence-corrected chi connectivity index (χ3v) is 2.96. The minimum atomic E-state index is 0.712. The summed E-state index contributed by atoms with van der Waals surface area (Å²) in [4.78, 5) is 0. The summed E-state index contributed by atoms with van der Waals surface area (Å²) in [5.74, 6) is 0. The molecule has 1 heterocycles. The highest BCUT2D eigenvalue weighted by atomic mass is 15.2. The number of hydrogen-bond donors (Lipinski definition) is 1. The topological polar surface area (TPSA) is 43.8 Å². The molecule has 2 N–H and O–H groups in total. The van der Waals surface area contributed by atoms with Gasteiger partial charge in [-0.25, -0.2) is 0 Å². The van der Waals surface area contributed by atoms with Gasteiger partial charge in [-0.3, -0.25) is 4.68 Å². The largest absolute Gasteiger partial charge is 0.330 e. The second-order valence-corrected chi connectivity index (χ2v) is 4.37. The van der Waals surface area contributed by atoms with Gasteiger partial charge in [-0.15, -0.1) is 0 Å². The van der Waals surface area contributed by atoms with Gasteiger partial charge in [0.05, 0.1) is 5.69 Å². The first kappa shape index (κ1) is 11.9. The van der Waals surface area contributed by atoms with Crippen LogP contribution in [0.5, 0.6) is 0 Å². The van der Waals surface area contributed by atoms with Crippen LogP contribution in [0.4, 0.5) is 0 Å². The van der Waals surface area contributed by atoms with Gasteiger partial charge < -0.3 is 5.73 Å². The minimum absolute atomic E-state index is 0.712. The number of nitrogens with zero attached hydrogens (tertiary/aromatic N) is 2. The Bertz CT molecular complexity index is 500. The van der Waals surface area contributed by atoms with Gasteiger partial charge in [0.2, 0.25) is 0 Å². The Morgan fingerprint density at radius 3 is 2.71 bits per heavy atom. The summed E-state index contributed by atoms with van der Waals surface area (Å²) in [6.07, 6.45) is 4.02. The molecule has 17 heavy (non-hydrogen) atoms. The van der Waals surface area contributed by atoms with Crippen molar-refractivity contribution in [2.24, 2.45) is 12.8 Å². The van der Waals surface area contributed by atoms with Crippen LogP contribution < -0.4 is 5.73 Å². The molecule has 2 rings (SSSR count). The monoisotopic (exact) mass is 229 g/mol. The molecule has 0 saturated heterocycles. The van der Waals surface area contributed by atoms with Crippen molar-refractivity contribution in [3.8, 4) is 11.1 Å². The van der Waals surface area contributed by atoms with E-state index in [0.29, 0.717) is 6.54 Å². The summed E-state index contributed by atoms with van der Waals surface area (Å²) in [5, 5.41) is 4.53. The van der Waals surface area contributed by atoms with E-state index in [0.717, 1.165) is 18.5 Å². The smallest absolute Gasteiger partial charge is 0.0703 e. The van der Waals surface area contributed by atoms with Crippen LogP contribution in [-0.4, -0.2) is 16.3 Å². The quantitative estimate of drug-likeness (QED) is 0.874. The molecule has 0 aliphatic carbocycles. The maximum Gasteiger partial charge on any atom is 0.0703 e. The maximum absolute atomic E-state index is 5.57. The standard InChI is InChI=1S/C14H19N3/c1-11-6-3-4-7-12(11)13-10-17(2)16-14(13)8-5-9-15/h3-4,6-7,10H,5,8-9,15H2,1-2H3. The van der Waals surface area contributed by atoms with Crippen molar-refractivity contribution < 1.29 is 0 Å². The molecule has 1 aromatic heterocycles. The maximum atomic E-state index is 5.57. The molecule has 1 aromatic carbocycles. The lowest BCUT2D eigenvalue weighted by molar-refractivity contribution is 0.723. The van der Waals surface area contributed by atoms with Crippen molar-refractivity contribution in [1.29, 1.82) is 0 Å². The van der Waals surface area contributed by atoms with Crippen molar-refractivity contribution in [1.82, 2.24) is 9.78 Å². The van der Waals surface area contributed by atoms with Gasteiger partial charge in [0.15, 0.2) is 0 Å². The summed E-state index contributed by atoms with van der Waals surface area (Å²) >= 11 is 0. The first-order valence-electron chi connectivity index (χ1n) is 6.01. The molecule has 0 fully saturated rings. The normalized spacial score (nSPS) is 10.8. The Morgan fingerprint density at radius 1 is 1.24 bits per heavy atom. The Morgan fingerprint density at radius 2 is 2.00 bits per heavy atom. The lowest BCUT2D eigenvalue weighted by Crippen LogP contribution is -2.02. The van der Waals surface area contributed by atoms with Gasteiger partial charge >= 0.3 is 0 Å². The summed E-state index contributed by atoms with van der Waals surface area (Å²) in [7, 11) is 1.97. The highest BCUT2D eigenvalue weighted by Crippen LogP contribution is 2.26. The fourth-order valence-electron chi connectivity index (χ4n) is 2.09. The Kier molecular flexibility index (Phi) is 3.59. The van der Waals surface area contributed by atoms with Crippen LogP contribution in [0.3, 0.4) is 0 Å². The summed E-state index contributed by atoms with van der Waals surface area (Å²) in [6.45, 7) is 2.85. The van der Waals surface area contributed by atoms with Gasteiger partial charge in [0, 0.05) is 18.8 Å². The fourth-order valence-corrected chi connectivity index (χ4v) is 2.09. The average Bonchev–Trinajstić information content (AvgIpc) is 2.68. The SMILES string of the molecule is Cc1ccccc1-c1cn(C)nc1CCCN. The number of aromatic nitrogens is 2. The third-order valence-electron chi connectivity index (χ3n) is 2.96. The predicted octanol–water partition coefficient (Wildman–Crippen LogP) is 2.29. The highest BCUT2D eigenvalue weighted by molar-refractivity contribution is 5.68. The van der Waals surface area contributed by atoms with Crippen LogP contribution >= 0.6 is 0 Å². The van der Waals surface area contributed by atoms with E-state index in [9.17, 15) is 0 Å². The summed E-state index contributed by atoms with van der Waals surface area (Å²) in [6, 6.07) is 8.42. The molecule has 0 atom stereocenters. The zero-order chi connectivity index (χ0) is 12.3. The molecule has 2 aromatic rings. The molecule has 0 spiro atoms. The van der Waals surface area contributed by atoms with E-state index in [1.165, 1.54) is 16.7 Å². The Hall–Kier alpha value is -1.61. The minimum Gasteiger partial charge on any atom is -0.330 e. The van der Waals surface area contributed by atoms with Crippen LogP contribution in [0, 0.1) is 6.92 Å². The molecule has 3 heteroatoms. The molecule has 0 aliphatic heterocycles. The van der Waals surface area contributed by atoms with Gasteiger partial charge in [0.25, 0.3) is 0 Å². The van der Waals surface area contributed by atoms with Crippen molar-refractivity contribution in [2.45, 2.75) is 19.8 Å². The zero-order valence-corrected chi connectivity index (χ0v) is 10.5. The molecular formula is C14H19N3. The van der Waals surface area contributed by atoms with Crippen molar-refractivity contribution in [2.75, 3.05) is 6.54 Å². The first-order chi connectivity index (χ1) is 8.22. The predicted molar refractivity (Wildman–Crippen MR) is 70.8 cm³/mol. The molecule has 0 unspecified atom stereocenters. The molecular weight excluding hydrogens is 210 g/mol. The zero-order valence-electron chi connectivity index (χ0n) is 10.5. The highest BCUT2D eigenvalue weighted by Gasteiger charge is 2.10. The second-order valence-electron chi connectivity index (χ2n) is 4.37. The first-order valence-corrected chi connectivity index (χ1v) is 6.01. The number of aryl methyl sites for hydroxylation is 3. The summed E-state index contributed by atoms with van der Waals surface area (Å²) in [5.41, 5.74) is 10.5. The summed E-state index contributed by atoms with van der Waals surface area (Å²) < 4.78 is 1.88. The van der Waals surface area contributed by atoms with Crippen LogP contribution in [0.15, 0.2) is 30.5 Å². The lowest BCUT2D eigenvalue weighted by Gasteiger charge is -2.05. The number of nitrogens with two attached hydrogens (primary N) is 1. The lowest BCUT2D eigenvalue weighted by atomic mass is 9.99. The third kappa shape index (κ3) is 2.56. The van der Waals surface area contributed by atoms with E-state index in [1.54, 1.807) is 0 Å². The van der Waals surface area contributed by atoms with E-state index >= 15 is 0 Å². The van der Waals surface area contributed by atoms with Crippen LogP contribution in [0.1, 0.15) is 17.7 Å². The van der Waals surface area contributed by atoms with Crippen LogP contribution in [0.2, 0.25) is 0 Å². The number of benzene rings is 1. The van der Waals surface area contributed by atoms with Crippen molar-refractivity contribution in [3.63, 3.8) is 0 Å². The Labute approximate surface area is 102 Å². The van der Waals surface area contributed by atoms with E-state index in [1.807, 2.05) is 11.7 Å². The second kappa shape index (κ2) is 5.15. The molecule has 0 saturated carbocycles. The van der Waals surface area contributed by atoms with E-state index in [2.05, 4.69) is 42.5 Å². The van der Waals surface area contributed by atoms with E-state index in [4.69, 9.17) is 5.73 Å². The number of rotatable bonds is 4. The average molecular weight is 229 g/mol. The van der Waals surface area contributed by atoms with Gasteiger partial charge in [-0.05, 0) is 37.4 Å². The van der Waals surface area contributed by atoms with Crippen LogP contribution in [-0.2, 0) is 13.5 Å². The van der Waals surface area contributed by atoms with E-state index in [-0.39, 0.29) is 0 Å². The number of hydrogen-bond acceptors (Lipinski definition) is 2. The molecule has 90 valence electrons. The molecule has 0 radical (unpaired) electrons. The van der Waals surface area contributed by atoms with Gasteiger partial charge in [0.1, 0.15) is 0 Å². The van der Waals surface area contributed by atoms with Crippen molar-refractivity contribution >= 4 is 0 Å². The molecule has 0 aliphatic rings. The van der Waals surface area contributed by atoms with Gasteiger partial charge in [-0.2, -0.15) is 5.10 Å². The molecule has 0 bridgehead atoms. The Balaban J connectivity index is 2.41. The van der Waals surface area contributed by atoms with Crippen LogP contribution in [0.25, 0.3) is 11.1 Å².